The smallest absolute Gasteiger partial charge is 0.00207 e. The van der Waals surface area contributed by atoms with Gasteiger partial charge in [-0.3, -0.25) is 0 Å². The van der Waals surface area contributed by atoms with Crippen molar-refractivity contribution in [2.45, 2.75) is 13.8 Å². The summed E-state index contributed by atoms with van der Waals surface area (Å²) in [6.07, 6.45) is 0. The van der Waals surface area contributed by atoms with Crippen LogP contribution in [0, 0.1) is 0 Å². The molecule has 4 aromatic rings. The van der Waals surface area contributed by atoms with Crippen LogP contribution in [0.4, 0.5) is 0 Å². The van der Waals surface area contributed by atoms with Gasteiger partial charge in [0.15, 0.2) is 0 Å². The first-order valence-corrected chi connectivity index (χ1v) is 9.22. The zero-order chi connectivity index (χ0) is 17.4. The molecule has 2 aliphatic rings. The first-order valence-electron chi connectivity index (χ1n) is 9.22. The summed E-state index contributed by atoms with van der Waals surface area (Å²) in [7, 11) is 0. The topological polar surface area (TPSA) is 0 Å². The molecule has 0 aromatic heterocycles. The zero-order valence-corrected chi connectivity index (χ0v) is 14.9. The van der Waals surface area contributed by atoms with Crippen molar-refractivity contribution in [3.63, 3.8) is 0 Å². The molecule has 26 heavy (non-hydrogen) atoms. The summed E-state index contributed by atoms with van der Waals surface area (Å²) in [5, 5.41) is 10.9. The minimum absolute atomic E-state index is 1.32. The number of hydrogen-bond donors (Lipinski definition) is 0. The quantitative estimate of drug-likeness (QED) is 0.464. The second-order valence-corrected chi connectivity index (χ2v) is 7.45. The SMILES string of the molecule is CC1=c2cc3ccccc3cc2=C2C(C)=c3ccc4ccccc4c3=C12. The second kappa shape index (κ2) is 4.74. The molecule has 0 N–H and O–H groups in total. The predicted octanol–water partition coefficient (Wildman–Crippen LogP) is 3.36. The molecule has 0 unspecified atom stereocenters. The van der Waals surface area contributed by atoms with Crippen molar-refractivity contribution in [1.82, 2.24) is 0 Å². The Morgan fingerprint density at radius 2 is 1.12 bits per heavy atom. The van der Waals surface area contributed by atoms with E-state index in [1.54, 1.807) is 0 Å². The Labute approximate surface area is 151 Å². The van der Waals surface area contributed by atoms with Crippen molar-refractivity contribution in [2.24, 2.45) is 0 Å². The van der Waals surface area contributed by atoms with Crippen LogP contribution in [-0.2, 0) is 0 Å². The molecule has 2 aliphatic carbocycles. The third-order valence-corrected chi connectivity index (χ3v) is 6.14. The minimum Gasteiger partial charge on any atom is -0.0616 e. The van der Waals surface area contributed by atoms with Crippen LogP contribution in [0.3, 0.4) is 0 Å². The van der Waals surface area contributed by atoms with Gasteiger partial charge < -0.3 is 0 Å². The molecule has 0 spiro atoms. The molecular formula is C26H18. The first-order chi connectivity index (χ1) is 12.7. The Bertz CT molecular complexity index is 1530. The Morgan fingerprint density at radius 1 is 0.500 bits per heavy atom. The number of benzene rings is 4. The summed E-state index contributed by atoms with van der Waals surface area (Å²) in [5.41, 5.74) is 5.71. The van der Waals surface area contributed by atoms with Crippen LogP contribution in [0.2, 0.25) is 0 Å². The van der Waals surface area contributed by atoms with Gasteiger partial charge >= 0.3 is 0 Å². The van der Waals surface area contributed by atoms with Crippen LogP contribution in [0.1, 0.15) is 13.8 Å². The molecular weight excluding hydrogens is 312 g/mol. The van der Waals surface area contributed by atoms with Crippen LogP contribution in [0.15, 0.2) is 72.8 Å². The first kappa shape index (κ1) is 14.1. The van der Waals surface area contributed by atoms with E-state index in [-0.39, 0.29) is 0 Å². The van der Waals surface area contributed by atoms with Crippen molar-refractivity contribution < 1.29 is 0 Å². The van der Waals surface area contributed by atoms with E-state index in [4.69, 9.17) is 0 Å². The van der Waals surface area contributed by atoms with Gasteiger partial charge in [0.05, 0.1) is 0 Å². The summed E-state index contributed by atoms with van der Waals surface area (Å²) < 4.78 is 0. The van der Waals surface area contributed by atoms with Gasteiger partial charge in [0.25, 0.3) is 0 Å². The van der Waals surface area contributed by atoms with Gasteiger partial charge in [-0.2, -0.15) is 0 Å². The number of hydrogen-bond acceptors (Lipinski definition) is 0. The minimum atomic E-state index is 1.32. The maximum Gasteiger partial charge on any atom is -0.00207 e. The zero-order valence-electron chi connectivity index (χ0n) is 14.9. The van der Waals surface area contributed by atoms with Crippen LogP contribution in [0.25, 0.3) is 43.8 Å². The fraction of sp³-hybridized carbons (Fsp3) is 0.0769. The van der Waals surface area contributed by atoms with E-state index < -0.39 is 0 Å². The van der Waals surface area contributed by atoms with Crippen molar-refractivity contribution in [3.05, 3.63) is 93.7 Å². The van der Waals surface area contributed by atoms with Crippen LogP contribution < -0.4 is 20.9 Å². The highest BCUT2D eigenvalue weighted by atomic mass is 14.3. The summed E-state index contributed by atoms with van der Waals surface area (Å²) in [6.45, 7) is 4.58. The number of rotatable bonds is 0. The van der Waals surface area contributed by atoms with E-state index in [1.807, 2.05) is 0 Å². The van der Waals surface area contributed by atoms with E-state index in [9.17, 15) is 0 Å². The van der Waals surface area contributed by atoms with Gasteiger partial charge in [-0.1, -0.05) is 60.7 Å². The van der Waals surface area contributed by atoms with Crippen LogP contribution in [-0.4, -0.2) is 0 Å². The highest BCUT2D eigenvalue weighted by Gasteiger charge is 2.25. The van der Waals surface area contributed by atoms with Gasteiger partial charge in [0.2, 0.25) is 0 Å². The highest BCUT2D eigenvalue weighted by Crippen LogP contribution is 2.32. The molecule has 0 amide bonds. The van der Waals surface area contributed by atoms with Crippen molar-refractivity contribution in [3.8, 4) is 0 Å². The molecule has 6 rings (SSSR count). The monoisotopic (exact) mass is 330 g/mol. The summed E-state index contributed by atoms with van der Waals surface area (Å²) in [5.74, 6) is 0. The Hall–Kier alpha value is -3.12. The van der Waals surface area contributed by atoms with E-state index >= 15 is 0 Å². The molecule has 0 aliphatic heterocycles. The molecule has 0 heterocycles. The molecule has 0 nitrogen and oxygen atoms in total. The molecule has 0 atom stereocenters. The average molecular weight is 330 g/mol. The molecule has 0 fully saturated rings. The highest BCUT2D eigenvalue weighted by molar-refractivity contribution is 6.27. The van der Waals surface area contributed by atoms with E-state index in [2.05, 4.69) is 86.6 Å². The summed E-state index contributed by atoms with van der Waals surface area (Å²) in [6, 6.07) is 26.8. The van der Waals surface area contributed by atoms with E-state index in [0.29, 0.717) is 0 Å². The van der Waals surface area contributed by atoms with Gasteiger partial charge in [-0.05, 0) is 90.7 Å². The Kier molecular flexibility index (Phi) is 2.57. The number of fused-ring (bicyclic) bond motifs is 6. The van der Waals surface area contributed by atoms with Crippen molar-refractivity contribution in [1.29, 1.82) is 0 Å². The fourth-order valence-electron chi connectivity index (χ4n) is 4.90. The maximum absolute atomic E-state index is 2.38. The lowest BCUT2D eigenvalue weighted by Gasteiger charge is -2.03. The molecule has 0 saturated heterocycles. The van der Waals surface area contributed by atoms with Crippen molar-refractivity contribution >= 4 is 43.8 Å². The fourth-order valence-corrected chi connectivity index (χ4v) is 4.90. The molecule has 0 heteroatoms. The molecule has 4 aromatic carbocycles. The third-order valence-electron chi connectivity index (χ3n) is 6.14. The summed E-state index contributed by atoms with van der Waals surface area (Å²) in [4.78, 5) is 0. The Morgan fingerprint density at radius 3 is 1.88 bits per heavy atom. The predicted molar refractivity (Wildman–Crippen MR) is 111 cm³/mol. The lowest BCUT2D eigenvalue weighted by Crippen LogP contribution is -2.27. The van der Waals surface area contributed by atoms with E-state index in [0.717, 1.165) is 0 Å². The lowest BCUT2D eigenvalue weighted by molar-refractivity contribution is 1.51. The maximum atomic E-state index is 2.38. The van der Waals surface area contributed by atoms with E-state index in [1.165, 1.54) is 64.7 Å². The average Bonchev–Trinajstić information content (AvgIpc) is 3.13. The van der Waals surface area contributed by atoms with Gasteiger partial charge in [-0.25, -0.2) is 0 Å². The van der Waals surface area contributed by atoms with Gasteiger partial charge in [-0.15, -0.1) is 0 Å². The molecule has 0 radical (unpaired) electrons. The second-order valence-electron chi connectivity index (χ2n) is 7.45. The van der Waals surface area contributed by atoms with Crippen LogP contribution >= 0.6 is 0 Å². The van der Waals surface area contributed by atoms with Crippen molar-refractivity contribution in [2.75, 3.05) is 0 Å². The lowest BCUT2D eigenvalue weighted by atomic mass is 10.00. The standard InChI is InChI=1S/C26H18/c1-15-20-12-11-17-7-5-6-10-21(17)26(20)25-16(2)22-13-18-8-3-4-9-19(18)14-23(22)24(15)25/h3-14H,1-2H3. The Balaban J connectivity index is 1.94. The van der Waals surface area contributed by atoms with Gasteiger partial charge in [0, 0.05) is 0 Å². The largest absolute Gasteiger partial charge is 0.0616 e. The van der Waals surface area contributed by atoms with Gasteiger partial charge in [0.1, 0.15) is 0 Å². The summed E-state index contributed by atoms with van der Waals surface area (Å²) >= 11 is 0. The van der Waals surface area contributed by atoms with Crippen LogP contribution in [0.5, 0.6) is 0 Å². The molecule has 0 saturated carbocycles. The third kappa shape index (κ3) is 1.60. The normalized spacial score (nSPS) is 15.0. The molecule has 0 bridgehead atoms. The molecule has 122 valence electrons.